The van der Waals surface area contributed by atoms with Crippen LogP contribution in [0.3, 0.4) is 0 Å². The molecule has 0 aliphatic rings. The van der Waals surface area contributed by atoms with Gasteiger partial charge in [0.15, 0.2) is 6.10 Å². The summed E-state index contributed by atoms with van der Waals surface area (Å²) in [5.74, 6) is -0.825. The molecule has 0 amide bonds. The van der Waals surface area contributed by atoms with Gasteiger partial charge in [-0.05, 0) is 96.3 Å². The number of carbonyl (C=O) groups is 2. The average Bonchev–Trinajstić information content (AvgIpc) is 2.23. The molecule has 92 heavy (non-hydrogen) atoms. The maximum absolute atomic E-state index is 12.9. The second-order valence-electron chi connectivity index (χ2n) is 27.3. The molecule has 0 N–H and O–H groups in total. The largest absolute Gasteiger partial charge is 0.756 e. The predicted molar refractivity (Wildman–Crippen MR) is 397 cm³/mol. The van der Waals surface area contributed by atoms with E-state index in [4.69, 9.17) is 18.5 Å². The Labute approximate surface area is 570 Å². The molecule has 2 atom stereocenters. The van der Waals surface area contributed by atoms with Crippen molar-refractivity contribution in [2.45, 2.75) is 367 Å². The van der Waals surface area contributed by atoms with Crippen LogP contribution in [-0.4, -0.2) is 70.0 Å². The monoisotopic (exact) mass is 1310 g/mol. The van der Waals surface area contributed by atoms with Crippen molar-refractivity contribution >= 4 is 19.8 Å². The molecule has 0 saturated heterocycles. The van der Waals surface area contributed by atoms with Gasteiger partial charge in [0.1, 0.15) is 19.8 Å². The minimum atomic E-state index is -4.65. The fraction of sp³-hybridized carbons (Fsp3) is 0.780. The fourth-order valence-corrected chi connectivity index (χ4v) is 11.9. The van der Waals surface area contributed by atoms with Crippen molar-refractivity contribution < 1.29 is 42.1 Å². The second kappa shape index (κ2) is 72.2. The summed E-state index contributed by atoms with van der Waals surface area (Å²) in [5.41, 5.74) is 0. The first-order valence-corrected chi connectivity index (χ1v) is 40.4. The van der Waals surface area contributed by atoms with Crippen LogP contribution in [0.15, 0.2) is 97.2 Å². The average molecular weight is 1310 g/mol. The maximum Gasteiger partial charge on any atom is 0.306 e. The summed E-state index contributed by atoms with van der Waals surface area (Å²) in [6.07, 6.45) is 101. The number of esters is 2. The molecule has 0 fully saturated rings. The number of nitrogens with zero attached hydrogens (tertiary/aromatic N) is 1. The van der Waals surface area contributed by atoms with Crippen LogP contribution in [0.2, 0.25) is 0 Å². The van der Waals surface area contributed by atoms with Gasteiger partial charge in [0.05, 0.1) is 27.7 Å². The molecule has 2 unspecified atom stereocenters. The zero-order valence-electron chi connectivity index (χ0n) is 61.0. The molecule has 9 nitrogen and oxygen atoms in total. The van der Waals surface area contributed by atoms with Crippen LogP contribution >= 0.6 is 7.82 Å². The van der Waals surface area contributed by atoms with Gasteiger partial charge in [0, 0.05) is 12.8 Å². The quantitative estimate of drug-likeness (QED) is 0.0195. The van der Waals surface area contributed by atoms with Crippen LogP contribution in [0.5, 0.6) is 0 Å². The van der Waals surface area contributed by atoms with Gasteiger partial charge in [-0.3, -0.25) is 14.2 Å². The van der Waals surface area contributed by atoms with E-state index >= 15 is 0 Å². The van der Waals surface area contributed by atoms with E-state index < -0.39 is 26.5 Å². The van der Waals surface area contributed by atoms with Crippen molar-refractivity contribution in [2.75, 3.05) is 47.5 Å². The molecule has 0 heterocycles. The van der Waals surface area contributed by atoms with Gasteiger partial charge in [-0.25, -0.2) is 0 Å². The summed E-state index contributed by atoms with van der Waals surface area (Å²) < 4.78 is 34.4. The lowest BCUT2D eigenvalue weighted by molar-refractivity contribution is -0.870. The summed E-state index contributed by atoms with van der Waals surface area (Å²) in [4.78, 5) is 38.2. The van der Waals surface area contributed by atoms with Gasteiger partial charge in [-0.1, -0.05) is 349 Å². The van der Waals surface area contributed by atoms with Gasteiger partial charge >= 0.3 is 11.9 Å². The number of likely N-dealkylation sites (N-methyl/N-ethyl adjacent to an activating group) is 1. The Morgan fingerprint density at radius 3 is 0.935 bits per heavy atom. The van der Waals surface area contributed by atoms with Gasteiger partial charge in [-0.2, -0.15) is 0 Å². The Bertz CT molecular complexity index is 1880. The summed E-state index contributed by atoms with van der Waals surface area (Å²) in [7, 11) is 1.17. The number of hydrogen-bond donors (Lipinski definition) is 0. The topological polar surface area (TPSA) is 111 Å². The van der Waals surface area contributed by atoms with E-state index in [-0.39, 0.29) is 32.0 Å². The molecule has 0 bridgehead atoms. The predicted octanol–water partition coefficient (Wildman–Crippen LogP) is 25.2. The minimum absolute atomic E-state index is 0.0333. The van der Waals surface area contributed by atoms with E-state index in [9.17, 15) is 19.0 Å². The van der Waals surface area contributed by atoms with E-state index in [0.29, 0.717) is 17.4 Å². The fourth-order valence-electron chi connectivity index (χ4n) is 11.2. The Kier molecular flexibility index (Phi) is 69.8. The first-order valence-electron chi connectivity index (χ1n) is 38.9. The number of phosphoric acid groups is 1. The molecule has 10 heteroatoms. The minimum Gasteiger partial charge on any atom is -0.756 e. The number of unbranched alkanes of at least 4 members (excludes halogenated alkanes) is 42. The Hall–Kier alpha value is -3.07. The van der Waals surface area contributed by atoms with Crippen molar-refractivity contribution in [3.63, 3.8) is 0 Å². The molecule has 0 aromatic heterocycles. The molecule has 0 aromatic carbocycles. The first kappa shape index (κ1) is 88.9. The number of carbonyl (C=O) groups excluding carboxylic acids is 2. The third kappa shape index (κ3) is 76.0. The van der Waals surface area contributed by atoms with Crippen LogP contribution in [-0.2, 0) is 32.7 Å². The highest BCUT2D eigenvalue weighted by Gasteiger charge is 2.22. The number of ether oxygens (including phenoxy) is 2. The molecule has 0 saturated carbocycles. The Morgan fingerprint density at radius 1 is 0.348 bits per heavy atom. The van der Waals surface area contributed by atoms with E-state index in [1.54, 1.807) is 0 Å². The lowest BCUT2D eigenvalue weighted by atomic mass is 10.0. The zero-order chi connectivity index (χ0) is 66.9. The number of allylic oxidation sites excluding steroid dienone is 16. The van der Waals surface area contributed by atoms with Crippen molar-refractivity contribution in [2.24, 2.45) is 0 Å². The highest BCUT2D eigenvalue weighted by molar-refractivity contribution is 7.45. The second-order valence-corrected chi connectivity index (χ2v) is 28.8. The van der Waals surface area contributed by atoms with E-state index in [1.165, 1.54) is 238 Å². The number of hydrogen-bond acceptors (Lipinski definition) is 8. The molecular weight excluding hydrogens is 1160 g/mol. The van der Waals surface area contributed by atoms with Gasteiger partial charge in [0.25, 0.3) is 7.82 Å². The van der Waals surface area contributed by atoms with Crippen LogP contribution in [0.4, 0.5) is 0 Å². The highest BCUT2D eigenvalue weighted by atomic mass is 31.2. The van der Waals surface area contributed by atoms with Gasteiger partial charge in [-0.15, -0.1) is 0 Å². The standard InChI is InChI=1S/C82H148NO8P/c1-6-8-10-12-14-16-18-20-22-24-26-28-30-32-34-36-38-40-41-43-44-46-48-50-52-54-56-58-60-62-64-66-68-70-72-74-81(84)88-78-80(79-90-92(86,87)89-77-76-83(3,4)5)91-82(85)75-73-71-69-67-65-63-61-59-57-55-53-51-49-47-45-42-39-37-35-33-31-29-27-25-23-21-19-17-15-13-11-9-7-2/h9,11,15,17,21,23-24,26-27,29,33,35,39,42,47,49,80H,6-8,10,12-14,16,18-20,22,25,28,30-32,34,36-38,40-41,43-46,48,50-79H2,1-5H3/b11-9-,17-15-,23-21-,26-24-,29-27-,35-33-,42-39-,49-47-. The molecule has 0 aliphatic heterocycles. The van der Waals surface area contributed by atoms with Gasteiger partial charge < -0.3 is 27.9 Å². The summed E-state index contributed by atoms with van der Waals surface area (Å²) in [6, 6.07) is 0. The smallest absolute Gasteiger partial charge is 0.306 e. The van der Waals surface area contributed by atoms with E-state index in [0.717, 1.165) is 89.9 Å². The molecule has 534 valence electrons. The molecule has 0 aromatic rings. The molecular formula is C82H148NO8P. The van der Waals surface area contributed by atoms with Gasteiger partial charge in [0.2, 0.25) is 0 Å². The Balaban J connectivity index is 3.98. The number of quaternary nitrogens is 1. The zero-order valence-corrected chi connectivity index (χ0v) is 61.9. The first-order chi connectivity index (χ1) is 45.0. The lowest BCUT2D eigenvalue weighted by Gasteiger charge is -2.28. The van der Waals surface area contributed by atoms with Crippen molar-refractivity contribution in [3.05, 3.63) is 97.2 Å². The third-order valence-electron chi connectivity index (χ3n) is 17.1. The molecule has 0 radical (unpaired) electrons. The number of phosphoric ester groups is 1. The highest BCUT2D eigenvalue weighted by Crippen LogP contribution is 2.38. The maximum atomic E-state index is 12.9. The lowest BCUT2D eigenvalue weighted by Crippen LogP contribution is -2.37. The molecule has 0 aliphatic carbocycles. The summed E-state index contributed by atoms with van der Waals surface area (Å²) in [6.45, 7) is 4.17. The van der Waals surface area contributed by atoms with Crippen LogP contribution in [0.25, 0.3) is 0 Å². The van der Waals surface area contributed by atoms with Crippen LogP contribution < -0.4 is 4.89 Å². The normalized spacial score (nSPS) is 13.6. The summed E-state index contributed by atoms with van der Waals surface area (Å²) in [5, 5.41) is 0. The van der Waals surface area contributed by atoms with Crippen molar-refractivity contribution in [1.82, 2.24) is 0 Å². The third-order valence-corrected chi connectivity index (χ3v) is 18.1. The van der Waals surface area contributed by atoms with E-state index in [2.05, 4.69) is 111 Å². The van der Waals surface area contributed by atoms with E-state index in [1.807, 2.05) is 21.1 Å². The van der Waals surface area contributed by atoms with Crippen LogP contribution in [0.1, 0.15) is 361 Å². The van der Waals surface area contributed by atoms with Crippen molar-refractivity contribution in [3.8, 4) is 0 Å². The van der Waals surface area contributed by atoms with Crippen LogP contribution in [0, 0.1) is 0 Å². The summed E-state index contributed by atoms with van der Waals surface area (Å²) >= 11 is 0. The van der Waals surface area contributed by atoms with Crippen molar-refractivity contribution in [1.29, 1.82) is 0 Å². The SMILES string of the molecule is CC/C=C\C/C=C\C/C=C\C/C=C\C/C=C\C/C=C\C/C=C\CCCCCCCCCCCCCC(=O)OC(COC(=O)CCCCCCCCCCCCCCCCCCCCCCCCC/C=C\CCCCCCCCCC)COP(=O)([O-])OCC[N+](C)(C)C. The molecule has 0 spiro atoms. The Morgan fingerprint density at radius 2 is 0.620 bits per heavy atom. The number of rotatable bonds is 72. The molecule has 0 rings (SSSR count).